The Morgan fingerprint density at radius 2 is 1.82 bits per heavy atom. The first-order chi connectivity index (χ1) is 15.4. The smallest absolute Gasteiger partial charge is 0.124 e. The van der Waals surface area contributed by atoms with Crippen molar-refractivity contribution in [2.75, 3.05) is 7.11 Å². The fraction of sp³-hybridized carbons (Fsp3) is 0.862. The summed E-state index contributed by atoms with van der Waals surface area (Å²) in [5.74, 6) is 2.94. The third-order valence-corrected chi connectivity index (χ3v) is 11.3. The van der Waals surface area contributed by atoms with Gasteiger partial charge in [-0.2, -0.15) is 0 Å². The fourth-order valence-corrected chi connectivity index (χ4v) is 8.83. The molecule has 0 unspecified atom stereocenters. The molecule has 0 aromatic carbocycles. The van der Waals surface area contributed by atoms with Crippen molar-refractivity contribution in [3.8, 4) is 0 Å². The molecule has 4 heteroatoms. The van der Waals surface area contributed by atoms with Crippen molar-refractivity contribution in [3.05, 3.63) is 23.8 Å². The van der Waals surface area contributed by atoms with E-state index < -0.39 is 23.2 Å². The van der Waals surface area contributed by atoms with Gasteiger partial charge in [0.2, 0.25) is 0 Å². The lowest BCUT2D eigenvalue weighted by Gasteiger charge is -2.61. The molecular weight excluding hydrogens is 412 g/mol. The lowest BCUT2D eigenvalue weighted by molar-refractivity contribution is -0.216. The molecule has 1 heterocycles. The quantitative estimate of drug-likeness (QED) is 0.434. The highest BCUT2D eigenvalue weighted by molar-refractivity contribution is 5.47. The highest BCUT2D eigenvalue weighted by atomic mass is 16.6. The number of hydrogen-bond acceptors (Lipinski definition) is 4. The molecule has 0 bridgehead atoms. The second kappa shape index (κ2) is 7.66. The second-order valence-corrected chi connectivity index (χ2v) is 13.1. The topological polar surface area (TPSA) is 62.2 Å². The second-order valence-electron chi connectivity index (χ2n) is 13.1. The van der Waals surface area contributed by atoms with E-state index in [1.165, 1.54) is 18.4 Å². The van der Waals surface area contributed by atoms with Crippen LogP contribution in [0.5, 0.6) is 0 Å². The van der Waals surface area contributed by atoms with Crippen molar-refractivity contribution in [1.82, 2.24) is 0 Å². The standard InChI is InChI=1S/C29H46O4/c1-17(2)18(3)8-9-19(4)21-10-11-22-23-14-24(32-7)28(31)15-20(30)12-13-27(28,6)29(23)25(33-29)16-26(21,22)5/h8-9,14,17-22,24-25,30-31H,10-13,15-16H2,1-7H3/b9-8+/t18-,19+,20-,21+,22-,24+,25+,26+,27-,28-,29-/m0/s1. The molecule has 11 atom stereocenters. The minimum absolute atomic E-state index is 0.168. The monoisotopic (exact) mass is 458 g/mol. The van der Waals surface area contributed by atoms with Crippen molar-refractivity contribution < 1.29 is 19.7 Å². The Morgan fingerprint density at radius 3 is 2.48 bits per heavy atom. The maximum absolute atomic E-state index is 12.0. The van der Waals surface area contributed by atoms with E-state index in [9.17, 15) is 10.2 Å². The van der Waals surface area contributed by atoms with E-state index in [0.717, 1.165) is 19.3 Å². The van der Waals surface area contributed by atoms with Crippen molar-refractivity contribution in [3.63, 3.8) is 0 Å². The van der Waals surface area contributed by atoms with Crippen LogP contribution in [0.2, 0.25) is 0 Å². The summed E-state index contributed by atoms with van der Waals surface area (Å²) in [7, 11) is 1.70. The molecule has 0 radical (unpaired) electrons. The molecule has 1 saturated heterocycles. The van der Waals surface area contributed by atoms with E-state index in [-0.39, 0.29) is 17.1 Å². The van der Waals surface area contributed by atoms with Crippen molar-refractivity contribution in [1.29, 1.82) is 0 Å². The van der Waals surface area contributed by atoms with Crippen LogP contribution in [0.25, 0.3) is 0 Å². The molecule has 5 rings (SSSR count). The van der Waals surface area contributed by atoms with Gasteiger partial charge >= 0.3 is 0 Å². The minimum Gasteiger partial charge on any atom is -0.393 e. The van der Waals surface area contributed by atoms with Gasteiger partial charge in [0.1, 0.15) is 17.3 Å². The molecule has 4 nitrogen and oxygen atoms in total. The molecule has 3 saturated carbocycles. The average molecular weight is 459 g/mol. The Morgan fingerprint density at radius 1 is 1.09 bits per heavy atom. The molecule has 0 aromatic heterocycles. The molecule has 4 fully saturated rings. The number of aliphatic hydroxyl groups excluding tert-OH is 1. The van der Waals surface area contributed by atoms with Gasteiger partial charge in [0.05, 0.1) is 12.2 Å². The van der Waals surface area contributed by atoms with E-state index in [1.54, 1.807) is 7.11 Å². The summed E-state index contributed by atoms with van der Waals surface area (Å²) in [6.07, 6.45) is 11.8. The van der Waals surface area contributed by atoms with Gasteiger partial charge in [-0.1, -0.05) is 59.8 Å². The number of hydrogen-bond donors (Lipinski definition) is 2. The summed E-state index contributed by atoms with van der Waals surface area (Å²) in [6.45, 7) is 14.0. The van der Waals surface area contributed by atoms with Crippen molar-refractivity contribution in [2.24, 2.45) is 40.4 Å². The van der Waals surface area contributed by atoms with E-state index >= 15 is 0 Å². The van der Waals surface area contributed by atoms with Crippen LogP contribution in [-0.4, -0.2) is 46.8 Å². The summed E-state index contributed by atoms with van der Waals surface area (Å²) >= 11 is 0. The molecule has 1 aliphatic heterocycles. The predicted octanol–water partition coefficient (Wildman–Crippen LogP) is 5.28. The third-order valence-electron chi connectivity index (χ3n) is 11.3. The van der Waals surface area contributed by atoms with Gasteiger partial charge in [-0.05, 0) is 72.7 Å². The van der Waals surface area contributed by atoms with Crippen molar-refractivity contribution in [2.45, 2.75) is 110 Å². The van der Waals surface area contributed by atoms with Crippen LogP contribution < -0.4 is 0 Å². The van der Waals surface area contributed by atoms with Gasteiger partial charge in [0.25, 0.3) is 0 Å². The Bertz CT molecular complexity index is 849. The molecule has 0 aromatic rings. The number of methoxy groups -OCH3 is 1. The number of epoxide rings is 1. The molecule has 4 aliphatic carbocycles. The van der Waals surface area contributed by atoms with E-state index in [2.05, 4.69) is 59.8 Å². The average Bonchev–Trinajstić information content (AvgIpc) is 3.37. The first-order valence-corrected chi connectivity index (χ1v) is 13.5. The maximum Gasteiger partial charge on any atom is 0.124 e. The van der Waals surface area contributed by atoms with Crippen LogP contribution >= 0.6 is 0 Å². The molecule has 33 heavy (non-hydrogen) atoms. The SMILES string of the molecule is CO[C@@H]1C=C2[C@@H]3CC[C@H]([C@H](C)/C=C/[C@H](C)C(C)C)[C@@]3(C)C[C@H]3O[C@@]23[C@@]2(C)CC[C@H](O)C[C@]12O. The zero-order valence-corrected chi connectivity index (χ0v) is 21.8. The number of ether oxygens (including phenoxy) is 2. The molecule has 5 aliphatic rings. The maximum atomic E-state index is 12.0. The molecule has 1 spiro atoms. The summed E-state index contributed by atoms with van der Waals surface area (Å²) < 4.78 is 12.6. The van der Waals surface area contributed by atoms with E-state index in [0.29, 0.717) is 36.0 Å². The number of allylic oxidation sites excluding steroid dienone is 2. The lowest BCUT2D eigenvalue weighted by Crippen LogP contribution is -2.69. The van der Waals surface area contributed by atoms with Crippen LogP contribution in [0.3, 0.4) is 0 Å². The highest BCUT2D eigenvalue weighted by Crippen LogP contribution is 2.76. The zero-order valence-electron chi connectivity index (χ0n) is 21.8. The predicted molar refractivity (Wildman–Crippen MR) is 131 cm³/mol. The lowest BCUT2D eigenvalue weighted by atomic mass is 9.45. The van der Waals surface area contributed by atoms with Crippen LogP contribution in [-0.2, 0) is 9.47 Å². The third kappa shape index (κ3) is 3.03. The number of fused-ring (bicyclic) bond motifs is 3. The molecule has 0 amide bonds. The summed E-state index contributed by atoms with van der Waals surface area (Å²) in [5.41, 5.74) is -0.273. The largest absolute Gasteiger partial charge is 0.393 e. The first-order valence-electron chi connectivity index (χ1n) is 13.5. The minimum atomic E-state index is -1.09. The zero-order chi connectivity index (χ0) is 24.0. The fourth-order valence-electron chi connectivity index (χ4n) is 8.83. The Hall–Kier alpha value is -0.680. The Kier molecular flexibility index (Phi) is 5.58. The molecule has 186 valence electrons. The van der Waals surface area contributed by atoms with Crippen LogP contribution in [0.15, 0.2) is 23.8 Å². The normalized spacial score (nSPS) is 52.5. The van der Waals surface area contributed by atoms with E-state index in [4.69, 9.17) is 9.47 Å². The molecular formula is C29H46O4. The van der Waals surface area contributed by atoms with Crippen LogP contribution in [0.1, 0.15) is 80.1 Å². The number of rotatable bonds is 5. The summed E-state index contributed by atoms with van der Waals surface area (Å²) in [4.78, 5) is 0. The Balaban J connectivity index is 1.50. The Labute approximate surface area is 200 Å². The van der Waals surface area contributed by atoms with Gasteiger partial charge in [-0.25, -0.2) is 0 Å². The molecule has 2 N–H and O–H groups in total. The van der Waals surface area contributed by atoms with Crippen LogP contribution in [0.4, 0.5) is 0 Å². The highest BCUT2D eigenvalue weighted by Gasteiger charge is 2.82. The van der Waals surface area contributed by atoms with Gasteiger partial charge in [-0.3, -0.25) is 0 Å². The van der Waals surface area contributed by atoms with Gasteiger partial charge < -0.3 is 19.7 Å². The van der Waals surface area contributed by atoms with E-state index in [1.807, 2.05) is 0 Å². The van der Waals surface area contributed by atoms with Crippen LogP contribution in [0, 0.1) is 40.4 Å². The van der Waals surface area contributed by atoms with Crippen molar-refractivity contribution >= 4 is 0 Å². The van der Waals surface area contributed by atoms with Gasteiger partial charge in [0, 0.05) is 18.9 Å². The van der Waals surface area contributed by atoms with Gasteiger partial charge in [0.15, 0.2) is 0 Å². The summed E-state index contributed by atoms with van der Waals surface area (Å²) in [6, 6.07) is 0. The number of aliphatic hydroxyl groups is 2. The van der Waals surface area contributed by atoms with Gasteiger partial charge in [-0.15, -0.1) is 0 Å². The summed E-state index contributed by atoms with van der Waals surface area (Å²) in [5, 5.41) is 22.5. The first kappa shape index (κ1) is 24.0.